The number of methoxy groups -OCH3 is 1. The predicted octanol–water partition coefficient (Wildman–Crippen LogP) is 1.59. The fraction of sp³-hybridized carbons (Fsp3) is 0.364. The Kier molecular flexibility index (Phi) is 3.25. The van der Waals surface area contributed by atoms with Crippen LogP contribution in [-0.2, 0) is 4.79 Å². The molecule has 0 aromatic heterocycles. The molecular weight excluding hydrogens is 178 g/mol. The summed E-state index contributed by atoms with van der Waals surface area (Å²) in [5, 5.41) is 0. The molecule has 0 heterocycles. The van der Waals surface area contributed by atoms with Crippen molar-refractivity contribution in [2.75, 3.05) is 7.11 Å². The molecule has 3 nitrogen and oxygen atoms in total. The van der Waals surface area contributed by atoms with Crippen molar-refractivity contribution in [3.05, 3.63) is 29.3 Å². The summed E-state index contributed by atoms with van der Waals surface area (Å²) in [5.41, 5.74) is 7.53. The van der Waals surface area contributed by atoms with Gasteiger partial charge >= 0.3 is 0 Å². The lowest BCUT2D eigenvalue weighted by atomic mass is 10.0. The SMILES string of the molecule is COc1cc(C(N)C(C)=O)ccc1C. The number of carbonyl (C=O) groups excluding carboxylic acids is 1. The Bertz CT molecular complexity index is 347. The first-order chi connectivity index (χ1) is 6.56. The van der Waals surface area contributed by atoms with E-state index < -0.39 is 6.04 Å². The Hall–Kier alpha value is -1.35. The van der Waals surface area contributed by atoms with Gasteiger partial charge in [0.2, 0.25) is 0 Å². The average molecular weight is 193 g/mol. The van der Waals surface area contributed by atoms with Crippen molar-refractivity contribution in [2.24, 2.45) is 5.73 Å². The lowest BCUT2D eigenvalue weighted by Crippen LogP contribution is -2.18. The van der Waals surface area contributed by atoms with E-state index in [0.717, 1.165) is 16.9 Å². The van der Waals surface area contributed by atoms with Crippen LogP contribution in [-0.4, -0.2) is 12.9 Å². The maximum absolute atomic E-state index is 11.1. The fourth-order valence-corrected chi connectivity index (χ4v) is 1.26. The van der Waals surface area contributed by atoms with Crippen molar-refractivity contribution < 1.29 is 9.53 Å². The lowest BCUT2D eigenvalue weighted by molar-refractivity contribution is -0.118. The molecule has 0 aliphatic carbocycles. The van der Waals surface area contributed by atoms with Crippen LogP contribution in [0, 0.1) is 6.92 Å². The van der Waals surface area contributed by atoms with Gasteiger partial charge in [0.25, 0.3) is 0 Å². The van der Waals surface area contributed by atoms with Crippen LogP contribution in [0.2, 0.25) is 0 Å². The van der Waals surface area contributed by atoms with Crippen LogP contribution in [0.5, 0.6) is 5.75 Å². The number of rotatable bonds is 3. The van der Waals surface area contributed by atoms with Crippen molar-refractivity contribution in [1.29, 1.82) is 0 Å². The molecule has 0 aliphatic heterocycles. The highest BCUT2D eigenvalue weighted by atomic mass is 16.5. The Labute approximate surface area is 83.9 Å². The predicted molar refractivity (Wildman–Crippen MR) is 55.3 cm³/mol. The van der Waals surface area contributed by atoms with Crippen LogP contribution in [0.1, 0.15) is 24.1 Å². The van der Waals surface area contributed by atoms with Gasteiger partial charge in [-0.3, -0.25) is 4.79 Å². The zero-order chi connectivity index (χ0) is 10.7. The average Bonchev–Trinajstić information content (AvgIpc) is 2.17. The summed E-state index contributed by atoms with van der Waals surface area (Å²) >= 11 is 0. The molecule has 0 bridgehead atoms. The smallest absolute Gasteiger partial charge is 0.150 e. The Morgan fingerprint density at radius 1 is 1.50 bits per heavy atom. The number of hydrogen-bond donors (Lipinski definition) is 1. The minimum Gasteiger partial charge on any atom is -0.496 e. The highest BCUT2D eigenvalue weighted by Crippen LogP contribution is 2.22. The van der Waals surface area contributed by atoms with Crippen molar-refractivity contribution in [2.45, 2.75) is 19.9 Å². The van der Waals surface area contributed by atoms with E-state index in [0.29, 0.717) is 0 Å². The van der Waals surface area contributed by atoms with E-state index in [-0.39, 0.29) is 5.78 Å². The molecule has 0 amide bonds. The second-order valence-corrected chi connectivity index (χ2v) is 3.32. The van der Waals surface area contributed by atoms with Crippen molar-refractivity contribution in [1.82, 2.24) is 0 Å². The molecule has 1 unspecified atom stereocenters. The molecular formula is C11H15NO2. The minimum atomic E-state index is -0.551. The van der Waals surface area contributed by atoms with Crippen molar-refractivity contribution in [3.63, 3.8) is 0 Å². The van der Waals surface area contributed by atoms with Gasteiger partial charge in [-0.2, -0.15) is 0 Å². The zero-order valence-electron chi connectivity index (χ0n) is 8.70. The van der Waals surface area contributed by atoms with Gasteiger partial charge in [0, 0.05) is 0 Å². The zero-order valence-corrected chi connectivity index (χ0v) is 8.70. The lowest BCUT2D eigenvalue weighted by Gasteiger charge is -2.11. The first-order valence-electron chi connectivity index (χ1n) is 4.47. The van der Waals surface area contributed by atoms with E-state index in [1.807, 2.05) is 19.1 Å². The monoisotopic (exact) mass is 193 g/mol. The van der Waals surface area contributed by atoms with E-state index in [4.69, 9.17) is 10.5 Å². The van der Waals surface area contributed by atoms with Crippen LogP contribution in [0.4, 0.5) is 0 Å². The molecule has 1 atom stereocenters. The standard InChI is InChI=1S/C11H15NO2/c1-7-4-5-9(6-10(7)14-3)11(12)8(2)13/h4-6,11H,12H2,1-3H3. The molecule has 1 rings (SSSR count). The van der Waals surface area contributed by atoms with E-state index in [1.54, 1.807) is 13.2 Å². The van der Waals surface area contributed by atoms with Crippen LogP contribution < -0.4 is 10.5 Å². The molecule has 1 aromatic rings. The van der Waals surface area contributed by atoms with Gasteiger partial charge < -0.3 is 10.5 Å². The van der Waals surface area contributed by atoms with Gasteiger partial charge in [-0.05, 0) is 31.0 Å². The van der Waals surface area contributed by atoms with Crippen LogP contribution in [0.3, 0.4) is 0 Å². The minimum absolute atomic E-state index is 0.0455. The number of ketones is 1. The maximum atomic E-state index is 11.1. The normalized spacial score (nSPS) is 12.3. The number of nitrogens with two attached hydrogens (primary N) is 1. The van der Waals surface area contributed by atoms with Gasteiger partial charge in [0.1, 0.15) is 5.75 Å². The first kappa shape index (κ1) is 10.7. The summed E-state index contributed by atoms with van der Waals surface area (Å²) in [6, 6.07) is 5.01. The van der Waals surface area contributed by atoms with Crippen LogP contribution in [0.25, 0.3) is 0 Å². The largest absolute Gasteiger partial charge is 0.496 e. The summed E-state index contributed by atoms with van der Waals surface area (Å²) < 4.78 is 5.15. The van der Waals surface area contributed by atoms with E-state index in [2.05, 4.69) is 0 Å². The summed E-state index contributed by atoms with van der Waals surface area (Å²) in [6.07, 6.45) is 0. The number of ether oxygens (including phenoxy) is 1. The molecule has 0 fully saturated rings. The molecule has 14 heavy (non-hydrogen) atoms. The number of benzene rings is 1. The maximum Gasteiger partial charge on any atom is 0.150 e. The Morgan fingerprint density at radius 2 is 2.14 bits per heavy atom. The number of Topliss-reactive ketones (excluding diaryl/α,β-unsaturated/α-hetero) is 1. The van der Waals surface area contributed by atoms with E-state index in [1.165, 1.54) is 6.92 Å². The summed E-state index contributed by atoms with van der Waals surface area (Å²) in [6.45, 7) is 3.43. The van der Waals surface area contributed by atoms with Crippen LogP contribution in [0.15, 0.2) is 18.2 Å². The fourth-order valence-electron chi connectivity index (χ4n) is 1.26. The molecule has 76 valence electrons. The van der Waals surface area contributed by atoms with Crippen molar-refractivity contribution >= 4 is 5.78 Å². The second kappa shape index (κ2) is 4.24. The molecule has 0 aliphatic rings. The highest BCUT2D eigenvalue weighted by Gasteiger charge is 2.12. The van der Waals surface area contributed by atoms with Gasteiger partial charge in [-0.25, -0.2) is 0 Å². The Balaban J connectivity index is 3.06. The Morgan fingerprint density at radius 3 is 2.64 bits per heavy atom. The third-order valence-corrected chi connectivity index (χ3v) is 2.23. The molecule has 0 spiro atoms. The quantitative estimate of drug-likeness (QED) is 0.793. The van der Waals surface area contributed by atoms with Gasteiger partial charge in [-0.15, -0.1) is 0 Å². The second-order valence-electron chi connectivity index (χ2n) is 3.32. The number of hydrogen-bond acceptors (Lipinski definition) is 3. The first-order valence-corrected chi connectivity index (χ1v) is 4.47. The number of aryl methyl sites for hydroxylation is 1. The van der Waals surface area contributed by atoms with Crippen molar-refractivity contribution in [3.8, 4) is 5.75 Å². The van der Waals surface area contributed by atoms with Gasteiger partial charge in [0.15, 0.2) is 5.78 Å². The third kappa shape index (κ3) is 2.12. The summed E-state index contributed by atoms with van der Waals surface area (Å²) in [5.74, 6) is 0.718. The van der Waals surface area contributed by atoms with Crippen LogP contribution >= 0.6 is 0 Å². The topological polar surface area (TPSA) is 52.3 Å². The van der Waals surface area contributed by atoms with Gasteiger partial charge in [0.05, 0.1) is 13.2 Å². The highest BCUT2D eigenvalue weighted by molar-refractivity contribution is 5.82. The molecule has 0 saturated carbocycles. The number of carbonyl (C=O) groups is 1. The van der Waals surface area contributed by atoms with E-state index in [9.17, 15) is 4.79 Å². The molecule has 1 aromatic carbocycles. The molecule has 0 radical (unpaired) electrons. The summed E-state index contributed by atoms with van der Waals surface area (Å²) in [4.78, 5) is 11.1. The van der Waals surface area contributed by atoms with Gasteiger partial charge in [-0.1, -0.05) is 12.1 Å². The third-order valence-electron chi connectivity index (χ3n) is 2.23. The molecule has 2 N–H and O–H groups in total. The molecule has 3 heteroatoms. The molecule has 0 saturated heterocycles. The van der Waals surface area contributed by atoms with E-state index >= 15 is 0 Å². The summed E-state index contributed by atoms with van der Waals surface area (Å²) in [7, 11) is 1.60.